The van der Waals surface area contributed by atoms with Crippen LogP contribution in [0.1, 0.15) is 48.5 Å². The van der Waals surface area contributed by atoms with Crippen molar-refractivity contribution in [2.45, 2.75) is 77.7 Å². The standard InChI is InChI=1S/C12H30OSi2/c1-8-15(9-2,10-3)13-14(11(4)5)12(6)7/h11-12,14H,8-10H2,1-7H3. The molecule has 92 valence electrons. The van der Waals surface area contributed by atoms with Crippen LogP contribution in [0.2, 0.25) is 29.2 Å². The van der Waals surface area contributed by atoms with Gasteiger partial charge in [0.05, 0.1) is 0 Å². The van der Waals surface area contributed by atoms with Crippen LogP contribution in [0.3, 0.4) is 0 Å². The molecule has 0 unspecified atom stereocenters. The van der Waals surface area contributed by atoms with Crippen molar-refractivity contribution in [3.8, 4) is 0 Å². The molecule has 0 spiro atoms. The zero-order valence-corrected chi connectivity index (χ0v) is 13.9. The summed E-state index contributed by atoms with van der Waals surface area (Å²) in [6, 6.07) is 3.88. The molecule has 0 heterocycles. The second kappa shape index (κ2) is 6.87. The molecule has 3 heteroatoms. The summed E-state index contributed by atoms with van der Waals surface area (Å²) in [5.74, 6) is 0. The maximum absolute atomic E-state index is 6.69. The van der Waals surface area contributed by atoms with Crippen LogP contribution >= 0.6 is 0 Å². The predicted octanol–water partition coefficient (Wildman–Crippen LogP) is 4.55. The fraction of sp³-hybridized carbons (Fsp3) is 1.00. The van der Waals surface area contributed by atoms with Crippen molar-refractivity contribution in [2.75, 3.05) is 0 Å². The first-order chi connectivity index (χ1) is 6.92. The fourth-order valence-corrected chi connectivity index (χ4v) is 11.9. The van der Waals surface area contributed by atoms with E-state index in [1.165, 1.54) is 18.1 Å². The van der Waals surface area contributed by atoms with E-state index in [4.69, 9.17) is 4.12 Å². The zero-order valence-electron chi connectivity index (χ0n) is 11.8. The molecule has 1 nitrogen and oxygen atoms in total. The van der Waals surface area contributed by atoms with E-state index in [0.29, 0.717) is 0 Å². The minimum absolute atomic E-state index is 0.779. The van der Waals surface area contributed by atoms with E-state index < -0.39 is 17.4 Å². The first-order valence-corrected chi connectivity index (χ1v) is 10.9. The third-order valence-corrected chi connectivity index (χ3v) is 13.2. The number of hydrogen-bond acceptors (Lipinski definition) is 1. The third kappa shape index (κ3) is 4.41. The van der Waals surface area contributed by atoms with Crippen LogP contribution in [0.25, 0.3) is 0 Å². The second-order valence-corrected chi connectivity index (χ2v) is 14.3. The third-order valence-electron chi connectivity index (χ3n) is 3.63. The molecule has 0 bridgehead atoms. The van der Waals surface area contributed by atoms with Crippen molar-refractivity contribution >= 4 is 17.4 Å². The lowest BCUT2D eigenvalue weighted by Gasteiger charge is -2.36. The molecule has 0 aliphatic rings. The van der Waals surface area contributed by atoms with Crippen molar-refractivity contribution < 1.29 is 4.12 Å². The Morgan fingerprint density at radius 2 is 1.20 bits per heavy atom. The van der Waals surface area contributed by atoms with Gasteiger partial charge in [0.1, 0.15) is 0 Å². The molecule has 0 N–H and O–H groups in total. The molecule has 0 saturated carbocycles. The van der Waals surface area contributed by atoms with E-state index in [9.17, 15) is 0 Å². The van der Waals surface area contributed by atoms with Gasteiger partial charge >= 0.3 is 0 Å². The van der Waals surface area contributed by atoms with Gasteiger partial charge in [-0.2, -0.15) is 0 Å². The Morgan fingerprint density at radius 3 is 1.40 bits per heavy atom. The van der Waals surface area contributed by atoms with Gasteiger partial charge in [-0.05, 0) is 29.2 Å². The molecule has 15 heavy (non-hydrogen) atoms. The Kier molecular flexibility index (Phi) is 7.05. The summed E-state index contributed by atoms with van der Waals surface area (Å²) in [5.41, 5.74) is 1.56. The minimum atomic E-state index is -1.34. The molecule has 0 radical (unpaired) electrons. The predicted molar refractivity (Wildman–Crippen MR) is 75.6 cm³/mol. The monoisotopic (exact) mass is 246 g/mol. The van der Waals surface area contributed by atoms with Crippen molar-refractivity contribution in [3.63, 3.8) is 0 Å². The van der Waals surface area contributed by atoms with Gasteiger partial charge in [0, 0.05) is 0 Å². The van der Waals surface area contributed by atoms with E-state index >= 15 is 0 Å². The van der Waals surface area contributed by atoms with Gasteiger partial charge in [0.2, 0.25) is 0 Å². The number of hydrogen-bond donors (Lipinski definition) is 0. The highest BCUT2D eigenvalue weighted by Gasteiger charge is 2.34. The first-order valence-electron chi connectivity index (χ1n) is 6.60. The SMILES string of the molecule is CC[Si](CC)(CC)O[SiH](C(C)C)C(C)C. The van der Waals surface area contributed by atoms with Crippen LogP contribution in [0, 0.1) is 0 Å². The average molecular weight is 247 g/mol. The lowest BCUT2D eigenvalue weighted by Crippen LogP contribution is -2.44. The van der Waals surface area contributed by atoms with E-state index in [-0.39, 0.29) is 0 Å². The van der Waals surface area contributed by atoms with Crippen molar-refractivity contribution in [2.24, 2.45) is 0 Å². The van der Waals surface area contributed by atoms with Crippen molar-refractivity contribution in [1.29, 1.82) is 0 Å². The normalized spacial score (nSPS) is 13.2. The molecule has 0 aromatic carbocycles. The van der Waals surface area contributed by atoms with E-state index in [2.05, 4.69) is 48.5 Å². The molecule has 0 aliphatic carbocycles. The molecular formula is C12H30OSi2. The minimum Gasteiger partial charge on any atom is -0.457 e. The van der Waals surface area contributed by atoms with E-state index in [1.807, 2.05) is 0 Å². The average Bonchev–Trinajstić information content (AvgIpc) is 2.20. The maximum atomic E-state index is 6.69. The Morgan fingerprint density at radius 1 is 0.867 bits per heavy atom. The largest absolute Gasteiger partial charge is 0.457 e. The van der Waals surface area contributed by atoms with Crippen LogP contribution in [0.15, 0.2) is 0 Å². The molecule has 0 aliphatic heterocycles. The van der Waals surface area contributed by atoms with Crippen molar-refractivity contribution in [1.82, 2.24) is 0 Å². The smallest absolute Gasteiger partial charge is 0.178 e. The van der Waals surface area contributed by atoms with E-state index in [0.717, 1.165) is 11.1 Å². The Labute approximate surface area is 99.5 Å². The Bertz CT molecular complexity index is 149. The Balaban J connectivity index is 4.61. The lowest BCUT2D eigenvalue weighted by molar-refractivity contribution is 0.514. The van der Waals surface area contributed by atoms with Gasteiger partial charge in [-0.1, -0.05) is 48.5 Å². The Hall–Kier alpha value is 0.394. The van der Waals surface area contributed by atoms with Gasteiger partial charge in [-0.15, -0.1) is 0 Å². The highest BCUT2D eigenvalue weighted by atomic mass is 28.4. The van der Waals surface area contributed by atoms with Crippen LogP contribution in [0.4, 0.5) is 0 Å². The molecule has 0 amide bonds. The van der Waals surface area contributed by atoms with Crippen LogP contribution < -0.4 is 0 Å². The highest BCUT2D eigenvalue weighted by Crippen LogP contribution is 2.30. The van der Waals surface area contributed by atoms with Gasteiger partial charge in [0.15, 0.2) is 17.4 Å². The summed E-state index contributed by atoms with van der Waals surface area (Å²) in [6.45, 7) is 16.4. The van der Waals surface area contributed by atoms with Crippen molar-refractivity contribution in [3.05, 3.63) is 0 Å². The molecule has 0 aromatic heterocycles. The van der Waals surface area contributed by atoms with E-state index in [1.54, 1.807) is 0 Å². The van der Waals surface area contributed by atoms with Gasteiger partial charge in [0.25, 0.3) is 0 Å². The first kappa shape index (κ1) is 15.4. The summed E-state index contributed by atoms with van der Waals surface area (Å²) in [4.78, 5) is 0. The van der Waals surface area contributed by atoms with Crippen LogP contribution in [-0.2, 0) is 4.12 Å². The fourth-order valence-electron chi connectivity index (χ4n) is 2.33. The maximum Gasteiger partial charge on any atom is 0.178 e. The summed E-state index contributed by atoms with van der Waals surface area (Å²) < 4.78 is 6.69. The van der Waals surface area contributed by atoms with Gasteiger partial charge in [-0.3, -0.25) is 0 Å². The summed E-state index contributed by atoms with van der Waals surface area (Å²) in [5, 5.41) is 0. The summed E-state index contributed by atoms with van der Waals surface area (Å²) in [6.07, 6.45) is 0. The molecule has 0 fully saturated rings. The highest BCUT2D eigenvalue weighted by molar-refractivity contribution is 6.80. The quantitative estimate of drug-likeness (QED) is 0.599. The summed E-state index contributed by atoms with van der Waals surface area (Å²) in [7, 11) is -2.34. The molecule has 0 atom stereocenters. The topological polar surface area (TPSA) is 9.23 Å². The second-order valence-electron chi connectivity index (χ2n) is 5.31. The molecular weight excluding hydrogens is 216 g/mol. The molecule has 0 aromatic rings. The van der Waals surface area contributed by atoms with Gasteiger partial charge < -0.3 is 4.12 Å². The van der Waals surface area contributed by atoms with Gasteiger partial charge in [-0.25, -0.2) is 0 Å². The van der Waals surface area contributed by atoms with Crippen LogP contribution in [0.5, 0.6) is 0 Å². The molecule has 0 saturated heterocycles. The summed E-state index contributed by atoms with van der Waals surface area (Å²) >= 11 is 0. The van der Waals surface area contributed by atoms with Crippen LogP contribution in [-0.4, -0.2) is 17.4 Å². The number of rotatable bonds is 7. The lowest BCUT2D eigenvalue weighted by atomic mass is 10.5. The zero-order chi connectivity index (χ0) is 12.1. The molecule has 0 rings (SSSR count).